The van der Waals surface area contributed by atoms with E-state index in [9.17, 15) is 0 Å². The quantitative estimate of drug-likeness (QED) is 0.910. The molecule has 0 aliphatic rings. The van der Waals surface area contributed by atoms with Gasteiger partial charge >= 0.3 is 0 Å². The van der Waals surface area contributed by atoms with Gasteiger partial charge in [-0.05, 0) is 20.3 Å². The van der Waals surface area contributed by atoms with Crippen LogP contribution in [0.1, 0.15) is 18.2 Å². The Kier molecular flexibility index (Phi) is 3.77. The Morgan fingerprint density at radius 3 is 2.72 bits per heavy atom. The lowest BCUT2D eigenvalue weighted by Crippen LogP contribution is -2.18. The van der Waals surface area contributed by atoms with E-state index in [2.05, 4.69) is 10.2 Å². The summed E-state index contributed by atoms with van der Waals surface area (Å²) in [6.07, 6.45) is 4.72. The smallest absolute Gasteiger partial charge is 0.102 e. The van der Waals surface area contributed by atoms with E-state index in [0.29, 0.717) is 0 Å². The zero-order valence-electron chi connectivity index (χ0n) is 11.2. The van der Waals surface area contributed by atoms with E-state index in [1.807, 2.05) is 45.0 Å². The number of rotatable bonds is 4. The van der Waals surface area contributed by atoms with Crippen molar-refractivity contribution in [3.05, 3.63) is 23.7 Å². The second kappa shape index (κ2) is 5.16. The number of nitrogens with two attached hydrogens (primary N) is 1. The first-order valence-corrected chi connectivity index (χ1v) is 6.73. The molecule has 18 heavy (non-hydrogen) atoms. The van der Waals surface area contributed by atoms with Crippen LogP contribution >= 0.6 is 11.8 Å². The first kappa shape index (κ1) is 13.2. The Balaban J connectivity index is 2.31. The third-order valence-corrected chi connectivity index (χ3v) is 3.86. The summed E-state index contributed by atoms with van der Waals surface area (Å²) in [5, 5.41) is 9.81. The molecule has 0 fully saturated rings. The average molecular weight is 265 g/mol. The molecular weight excluding hydrogens is 246 g/mol. The van der Waals surface area contributed by atoms with Crippen molar-refractivity contribution in [2.45, 2.75) is 36.2 Å². The number of aryl methyl sites for hydroxylation is 3. The minimum absolute atomic E-state index is 0.140. The molecule has 6 heteroatoms. The Morgan fingerprint density at radius 1 is 1.44 bits per heavy atom. The highest BCUT2D eigenvalue weighted by atomic mass is 32.2. The van der Waals surface area contributed by atoms with Crippen molar-refractivity contribution >= 4 is 11.8 Å². The fraction of sp³-hybridized carbons (Fsp3) is 0.500. The molecule has 2 aromatic rings. The van der Waals surface area contributed by atoms with Crippen molar-refractivity contribution in [2.75, 3.05) is 0 Å². The molecule has 0 aromatic carbocycles. The van der Waals surface area contributed by atoms with Crippen LogP contribution in [0.3, 0.4) is 0 Å². The summed E-state index contributed by atoms with van der Waals surface area (Å²) in [4.78, 5) is 1.12. The van der Waals surface area contributed by atoms with Gasteiger partial charge < -0.3 is 5.73 Å². The third kappa shape index (κ3) is 2.76. The summed E-state index contributed by atoms with van der Waals surface area (Å²) < 4.78 is 3.72. The lowest BCUT2D eigenvalue weighted by Gasteiger charge is -2.07. The molecule has 98 valence electrons. The third-order valence-electron chi connectivity index (χ3n) is 2.71. The van der Waals surface area contributed by atoms with Gasteiger partial charge in [-0.1, -0.05) is 11.8 Å². The van der Waals surface area contributed by atoms with Gasteiger partial charge in [0.1, 0.15) is 5.03 Å². The monoisotopic (exact) mass is 265 g/mol. The highest BCUT2D eigenvalue weighted by Gasteiger charge is 2.16. The molecule has 1 atom stereocenters. The highest BCUT2D eigenvalue weighted by Crippen LogP contribution is 2.31. The van der Waals surface area contributed by atoms with Crippen molar-refractivity contribution in [1.29, 1.82) is 0 Å². The number of hydrogen-bond donors (Lipinski definition) is 1. The van der Waals surface area contributed by atoms with Gasteiger partial charge in [-0.2, -0.15) is 10.2 Å². The molecule has 5 nitrogen and oxygen atoms in total. The van der Waals surface area contributed by atoms with Crippen LogP contribution < -0.4 is 5.73 Å². The maximum atomic E-state index is 5.91. The first-order chi connectivity index (χ1) is 8.47. The van der Waals surface area contributed by atoms with Crippen LogP contribution in [0.15, 0.2) is 22.3 Å². The summed E-state index contributed by atoms with van der Waals surface area (Å²) in [5.41, 5.74) is 8.20. The van der Waals surface area contributed by atoms with Crippen LogP contribution in [0.5, 0.6) is 0 Å². The van der Waals surface area contributed by atoms with E-state index in [-0.39, 0.29) is 6.04 Å². The molecule has 0 saturated carbocycles. The SMILES string of the molecule is Cc1nn(C)c(Sc2cnn(C)c2)c1CC(C)N. The maximum Gasteiger partial charge on any atom is 0.102 e. The fourth-order valence-corrected chi connectivity index (χ4v) is 2.98. The molecule has 2 aromatic heterocycles. The van der Waals surface area contributed by atoms with Gasteiger partial charge in [0.05, 0.1) is 16.8 Å². The van der Waals surface area contributed by atoms with Crippen LogP contribution in [0.2, 0.25) is 0 Å². The molecule has 2 rings (SSSR count). The molecule has 0 bridgehead atoms. The summed E-state index contributed by atoms with van der Waals surface area (Å²) in [6.45, 7) is 4.05. The molecule has 0 aliphatic heterocycles. The van der Waals surface area contributed by atoms with Crippen molar-refractivity contribution in [3.8, 4) is 0 Å². The largest absolute Gasteiger partial charge is 0.328 e. The van der Waals surface area contributed by atoms with E-state index in [0.717, 1.165) is 22.0 Å². The summed E-state index contributed by atoms with van der Waals surface area (Å²) >= 11 is 1.69. The average Bonchev–Trinajstić information content (AvgIpc) is 2.77. The standard InChI is InChI=1S/C12H19N5S/c1-8(13)5-11-9(2)15-17(4)12(11)18-10-6-14-16(3)7-10/h6-8H,5,13H2,1-4H3. The van der Waals surface area contributed by atoms with E-state index in [1.54, 1.807) is 16.4 Å². The van der Waals surface area contributed by atoms with Crippen LogP contribution in [0.25, 0.3) is 0 Å². The molecule has 0 saturated heterocycles. The second-order valence-corrected chi connectivity index (χ2v) is 5.69. The topological polar surface area (TPSA) is 61.7 Å². The van der Waals surface area contributed by atoms with Crippen molar-refractivity contribution in [3.63, 3.8) is 0 Å². The molecule has 2 heterocycles. The highest BCUT2D eigenvalue weighted by molar-refractivity contribution is 7.99. The number of aromatic nitrogens is 4. The molecule has 0 spiro atoms. The van der Waals surface area contributed by atoms with E-state index in [4.69, 9.17) is 5.73 Å². The molecule has 2 N–H and O–H groups in total. The number of nitrogens with zero attached hydrogens (tertiary/aromatic N) is 4. The molecule has 1 unspecified atom stereocenters. The van der Waals surface area contributed by atoms with Gasteiger partial charge in [0.25, 0.3) is 0 Å². The zero-order valence-corrected chi connectivity index (χ0v) is 12.0. The Hall–Kier alpha value is -1.27. The molecular formula is C12H19N5S. The predicted molar refractivity (Wildman–Crippen MR) is 72.6 cm³/mol. The minimum atomic E-state index is 0.140. The zero-order chi connectivity index (χ0) is 13.3. The second-order valence-electron chi connectivity index (χ2n) is 4.63. The Morgan fingerprint density at radius 2 is 2.17 bits per heavy atom. The van der Waals surface area contributed by atoms with Gasteiger partial charge in [-0.3, -0.25) is 9.36 Å². The van der Waals surface area contributed by atoms with Gasteiger partial charge in [-0.25, -0.2) is 0 Å². The van der Waals surface area contributed by atoms with Crippen molar-refractivity contribution in [2.24, 2.45) is 19.8 Å². The van der Waals surface area contributed by atoms with E-state index in [1.165, 1.54) is 5.56 Å². The summed E-state index contributed by atoms with van der Waals surface area (Å²) in [6, 6.07) is 0.140. The van der Waals surface area contributed by atoms with E-state index < -0.39 is 0 Å². The lowest BCUT2D eigenvalue weighted by molar-refractivity contribution is 0.677. The predicted octanol–water partition coefficient (Wildman–Crippen LogP) is 1.50. The van der Waals surface area contributed by atoms with Crippen LogP contribution in [-0.4, -0.2) is 25.6 Å². The molecule has 0 amide bonds. The Bertz CT molecular complexity index is 541. The molecule has 0 radical (unpaired) electrons. The maximum absolute atomic E-state index is 5.91. The number of hydrogen-bond acceptors (Lipinski definition) is 4. The van der Waals surface area contributed by atoms with Crippen LogP contribution in [-0.2, 0) is 20.5 Å². The summed E-state index contributed by atoms with van der Waals surface area (Å²) in [5.74, 6) is 0. The fourth-order valence-electron chi connectivity index (χ4n) is 1.93. The van der Waals surface area contributed by atoms with E-state index >= 15 is 0 Å². The lowest BCUT2D eigenvalue weighted by atomic mass is 10.1. The molecule has 0 aliphatic carbocycles. The van der Waals surface area contributed by atoms with Gasteiger partial charge in [0.2, 0.25) is 0 Å². The van der Waals surface area contributed by atoms with Crippen molar-refractivity contribution in [1.82, 2.24) is 19.6 Å². The summed E-state index contributed by atoms with van der Waals surface area (Å²) in [7, 11) is 3.89. The normalized spacial score (nSPS) is 12.9. The van der Waals surface area contributed by atoms with Crippen LogP contribution in [0.4, 0.5) is 0 Å². The first-order valence-electron chi connectivity index (χ1n) is 5.92. The van der Waals surface area contributed by atoms with Gasteiger partial charge in [-0.15, -0.1) is 0 Å². The Labute approximate surface area is 111 Å². The van der Waals surface area contributed by atoms with Gasteiger partial charge in [0.15, 0.2) is 0 Å². The van der Waals surface area contributed by atoms with Gasteiger partial charge in [0, 0.05) is 31.9 Å². The van der Waals surface area contributed by atoms with Crippen LogP contribution in [0, 0.1) is 6.92 Å². The van der Waals surface area contributed by atoms with Crippen molar-refractivity contribution < 1.29 is 0 Å². The minimum Gasteiger partial charge on any atom is -0.328 e.